The molecule has 0 saturated carbocycles. The number of hydrogen-bond donors (Lipinski definition) is 4. The number of fused-ring (bicyclic) bond motifs is 1. The van der Waals surface area contributed by atoms with Gasteiger partial charge in [0.05, 0.1) is 29.7 Å². The summed E-state index contributed by atoms with van der Waals surface area (Å²) in [4.78, 5) is 27.7. The van der Waals surface area contributed by atoms with Crippen molar-refractivity contribution in [2.75, 3.05) is 55.8 Å². The molecule has 43 heavy (non-hydrogen) atoms. The summed E-state index contributed by atoms with van der Waals surface area (Å²) >= 11 is 0. The van der Waals surface area contributed by atoms with E-state index in [-0.39, 0.29) is 29.2 Å². The minimum Gasteiger partial charge on any atom is -0.488 e. The standard InChI is InChI=1S/C29H29F3N6O5/c30-29(31,32)19-4-6-20(7-5-19)36-28(40)34-17-18-2-1-3-21(16-18)35-27(39)22-8-9-23(25-24(22)26(33)37-43-25)42-15-12-38-10-13-41-14-11-38/h1-9,16H,10-15,17H2,(H2,33,37)(H,35,39)(H2,34,36,40). The Hall–Kier alpha value is -4.82. The number of carbonyl (C=O) groups is 2. The number of nitrogens with zero attached hydrogens (tertiary/aromatic N) is 2. The Labute approximate surface area is 244 Å². The highest BCUT2D eigenvalue weighted by atomic mass is 19.4. The summed E-state index contributed by atoms with van der Waals surface area (Å²) in [6.07, 6.45) is -4.46. The molecule has 4 aromatic rings. The van der Waals surface area contributed by atoms with Gasteiger partial charge in [-0.05, 0) is 54.1 Å². The van der Waals surface area contributed by atoms with Crippen LogP contribution in [0.4, 0.5) is 35.2 Å². The molecule has 0 bridgehead atoms. The molecule has 14 heteroatoms. The van der Waals surface area contributed by atoms with E-state index in [1.54, 1.807) is 36.4 Å². The number of rotatable bonds is 9. The number of benzene rings is 3. The van der Waals surface area contributed by atoms with Gasteiger partial charge in [0.15, 0.2) is 11.6 Å². The van der Waals surface area contributed by atoms with Gasteiger partial charge in [0.2, 0.25) is 5.58 Å². The predicted octanol–water partition coefficient (Wildman–Crippen LogP) is 4.71. The third-order valence-corrected chi connectivity index (χ3v) is 6.73. The Morgan fingerprint density at radius 2 is 1.77 bits per heavy atom. The summed E-state index contributed by atoms with van der Waals surface area (Å²) in [5.41, 5.74) is 7.07. The van der Waals surface area contributed by atoms with E-state index >= 15 is 0 Å². The van der Waals surface area contributed by atoms with Crippen LogP contribution in [-0.2, 0) is 17.5 Å². The Balaban J connectivity index is 1.18. The molecule has 226 valence electrons. The van der Waals surface area contributed by atoms with Crippen LogP contribution in [0.25, 0.3) is 11.0 Å². The molecular weight excluding hydrogens is 569 g/mol. The van der Waals surface area contributed by atoms with E-state index < -0.39 is 23.7 Å². The molecule has 0 unspecified atom stereocenters. The van der Waals surface area contributed by atoms with Crippen LogP contribution >= 0.6 is 0 Å². The molecule has 5 N–H and O–H groups in total. The number of amides is 3. The lowest BCUT2D eigenvalue weighted by atomic mass is 10.1. The minimum absolute atomic E-state index is 0.0517. The largest absolute Gasteiger partial charge is 0.488 e. The lowest BCUT2D eigenvalue weighted by molar-refractivity contribution is -0.137. The summed E-state index contributed by atoms with van der Waals surface area (Å²) in [6.45, 7) is 4.25. The van der Waals surface area contributed by atoms with Crippen LogP contribution in [0.15, 0.2) is 65.2 Å². The molecule has 3 amide bonds. The van der Waals surface area contributed by atoms with Crippen molar-refractivity contribution >= 4 is 40.1 Å². The monoisotopic (exact) mass is 598 g/mol. The van der Waals surface area contributed by atoms with Gasteiger partial charge in [-0.3, -0.25) is 9.69 Å². The summed E-state index contributed by atoms with van der Waals surface area (Å²) < 4.78 is 54.9. The number of halogens is 3. The number of aromatic nitrogens is 1. The number of nitrogen functional groups attached to an aromatic ring is 1. The van der Waals surface area contributed by atoms with Crippen LogP contribution in [0.5, 0.6) is 5.75 Å². The fourth-order valence-corrected chi connectivity index (χ4v) is 4.52. The van der Waals surface area contributed by atoms with Crippen LogP contribution in [0, 0.1) is 0 Å². The van der Waals surface area contributed by atoms with Crippen molar-refractivity contribution in [2.45, 2.75) is 12.7 Å². The number of anilines is 3. The highest BCUT2D eigenvalue weighted by molar-refractivity contribution is 6.15. The first-order chi connectivity index (χ1) is 20.7. The first kappa shape index (κ1) is 29.7. The van der Waals surface area contributed by atoms with Crippen molar-refractivity contribution in [2.24, 2.45) is 0 Å². The maximum absolute atomic E-state index is 13.2. The number of hydrogen-bond acceptors (Lipinski definition) is 8. The van der Waals surface area contributed by atoms with Crippen LogP contribution < -0.4 is 26.4 Å². The molecule has 1 saturated heterocycles. The van der Waals surface area contributed by atoms with Crippen LogP contribution in [0.3, 0.4) is 0 Å². The molecule has 1 aliphatic heterocycles. The summed E-state index contributed by atoms with van der Waals surface area (Å²) in [5, 5.41) is 12.1. The summed E-state index contributed by atoms with van der Waals surface area (Å²) in [6, 6.07) is 13.5. The molecule has 2 heterocycles. The first-order valence-electron chi connectivity index (χ1n) is 13.4. The third-order valence-electron chi connectivity index (χ3n) is 6.73. The highest BCUT2D eigenvalue weighted by Gasteiger charge is 2.30. The zero-order valence-corrected chi connectivity index (χ0v) is 22.9. The maximum Gasteiger partial charge on any atom is 0.416 e. The van der Waals surface area contributed by atoms with E-state index in [4.69, 9.17) is 19.7 Å². The fraction of sp³-hybridized carbons (Fsp3) is 0.276. The average molecular weight is 599 g/mol. The van der Waals surface area contributed by atoms with Crippen molar-refractivity contribution in [3.63, 3.8) is 0 Å². The quantitative estimate of drug-likeness (QED) is 0.217. The molecule has 0 spiro atoms. The van der Waals surface area contributed by atoms with Gasteiger partial charge in [-0.2, -0.15) is 13.2 Å². The number of nitrogens with two attached hydrogens (primary N) is 1. The van der Waals surface area contributed by atoms with Crippen LogP contribution in [0.1, 0.15) is 21.5 Å². The van der Waals surface area contributed by atoms with Gasteiger partial charge in [-0.15, -0.1) is 0 Å². The molecule has 5 rings (SSSR count). The third kappa shape index (κ3) is 7.53. The first-order valence-corrected chi connectivity index (χ1v) is 13.4. The predicted molar refractivity (Wildman–Crippen MR) is 153 cm³/mol. The van der Waals surface area contributed by atoms with Crippen molar-refractivity contribution < 1.29 is 36.8 Å². The van der Waals surface area contributed by atoms with Gasteiger partial charge in [0, 0.05) is 37.6 Å². The van der Waals surface area contributed by atoms with Gasteiger partial charge >= 0.3 is 12.2 Å². The number of alkyl halides is 3. The van der Waals surface area contributed by atoms with Crippen molar-refractivity contribution in [3.8, 4) is 5.75 Å². The second-order valence-electron chi connectivity index (χ2n) is 9.72. The molecule has 1 aromatic heterocycles. The molecule has 0 radical (unpaired) electrons. The minimum atomic E-state index is -4.46. The van der Waals surface area contributed by atoms with E-state index in [0.29, 0.717) is 48.8 Å². The van der Waals surface area contributed by atoms with Crippen LogP contribution in [-0.4, -0.2) is 61.4 Å². The molecule has 3 aromatic carbocycles. The zero-order chi connectivity index (χ0) is 30.4. The lowest BCUT2D eigenvalue weighted by Gasteiger charge is -2.26. The normalized spacial score (nSPS) is 13.9. The second-order valence-corrected chi connectivity index (χ2v) is 9.72. The number of ether oxygens (including phenoxy) is 2. The molecular formula is C29H29F3N6O5. The maximum atomic E-state index is 13.2. The van der Waals surface area contributed by atoms with E-state index in [1.165, 1.54) is 12.1 Å². The number of urea groups is 1. The Morgan fingerprint density at radius 1 is 1.00 bits per heavy atom. The number of nitrogens with one attached hydrogen (secondary N) is 3. The van der Waals surface area contributed by atoms with E-state index in [2.05, 4.69) is 26.0 Å². The summed E-state index contributed by atoms with van der Waals surface area (Å²) in [7, 11) is 0. The van der Waals surface area contributed by atoms with Crippen molar-refractivity contribution in [1.29, 1.82) is 0 Å². The highest BCUT2D eigenvalue weighted by Crippen LogP contribution is 2.33. The molecule has 1 aliphatic rings. The van der Waals surface area contributed by atoms with Gasteiger partial charge in [0.1, 0.15) is 6.61 Å². The molecule has 1 fully saturated rings. The number of carbonyl (C=O) groups excluding carboxylic acids is 2. The van der Waals surface area contributed by atoms with E-state index in [9.17, 15) is 22.8 Å². The van der Waals surface area contributed by atoms with Gasteiger partial charge < -0.3 is 35.7 Å². The van der Waals surface area contributed by atoms with Crippen LogP contribution in [0.2, 0.25) is 0 Å². The molecule has 0 aliphatic carbocycles. The Morgan fingerprint density at radius 3 is 2.51 bits per heavy atom. The van der Waals surface area contributed by atoms with Gasteiger partial charge in [-0.1, -0.05) is 17.3 Å². The fourth-order valence-electron chi connectivity index (χ4n) is 4.52. The summed E-state index contributed by atoms with van der Waals surface area (Å²) in [5.74, 6) is 0.0207. The van der Waals surface area contributed by atoms with E-state index in [1.807, 2.05) is 0 Å². The smallest absolute Gasteiger partial charge is 0.416 e. The van der Waals surface area contributed by atoms with E-state index in [0.717, 1.165) is 25.2 Å². The average Bonchev–Trinajstić information content (AvgIpc) is 3.38. The van der Waals surface area contributed by atoms with Gasteiger partial charge in [-0.25, -0.2) is 4.79 Å². The Kier molecular flexibility index (Phi) is 8.97. The molecule has 11 nitrogen and oxygen atoms in total. The molecule has 0 atom stereocenters. The zero-order valence-electron chi connectivity index (χ0n) is 22.9. The SMILES string of the molecule is Nc1noc2c(OCCN3CCOCC3)ccc(C(=O)Nc3cccc(CNC(=O)Nc4ccc(C(F)(F)F)cc4)c3)c12. The van der Waals surface area contributed by atoms with Crippen molar-refractivity contribution in [3.05, 3.63) is 77.4 Å². The number of morpholine rings is 1. The van der Waals surface area contributed by atoms with Crippen molar-refractivity contribution in [1.82, 2.24) is 15.4 Å². The van der Waals surface area contributed by atoms with Gasteiger partial charge in [0.25, 0.3) is 5.91 Å². The second kappa shape index (κ2) is 13.0. The Bertz CT molecular complexity index is 1590. The topological polar surface area (TPSA) is 144 Å². The lowest BCUT2D eigenvalue weighted by Crippen LogP contribution is -2.38.